The van der Waals surface area contributed by atoms with E-state index in [1.807, 2.05) is 48.0 Å². The van der Waals surface area contributed by atoms with Gasteiger partial charge in [-0.15, -0.1) is 10.2 Å². The average Bonchev–Trinajstić information content (AvgIpc) is 3.32. The van der Waals surface area contributed by atoms with Crippen LogP contribution in [-0.4, -0.2) is 30.2 Å². The number of aryl methyl sites for hydroxylation is 3. The Labute approximate surface area is 158 Å². The van der Waals surface area contributed by atoms with Crippen LogP contribution in [0.25, 0.3) is 0 Å². The van der Waals surface area contributed by atoms with Crippen molar-refractivity contribution in [2.45, 2.75) is 51.7 Å². The minimum Gasteiger partial charge on any atom is -0.342 e. The van der Waals surface area contributed by atoms with Gasteiger partial charge >= 0.3 is 0 Å². The summed E-state index contributed by atoms with van der Waals surface area (Å²) in [5.74, 6) is 2.15. The van der Waals surface area contributed by atoms with E-state index < -0.39 is 0 Å². The summed E-state index contributed by atoms with van der Waals surface area (Å²) in [6.45, 7) is 3.58. The Morgan fingerprint density at radius 2 is 2.07 bits per heavy atom. The van der Waals surface area contributed by atoms with E-state index in [0.717, 1.165) is 56.0 Å². The molecule has 27 heavy (non-hydrogen) atoms. The summed E-state index contributed by atoms with van der Waals surface area (Å²) in [6, 6.07) is 9.97. The third-order valence-corrected chi connectivity index (χ3v) is 5.15. The largest absolute Gasteiger partial charge is 0.342 e. The summed E-state index contributed by atoms with van der Waals surface area (Å²) in [6.07, 6.45) is 7.60. The van der Waals surface area contributed by atoms with Crippen LogP contribution in [0.3, 0.4) is 0 Å². The molecule has 0 saturated heterocycles. The zero-order chi connectivity index (χ0) is 18.6. The number of rotatable bonds is 6. The number of fused-ring (bicyclic) bond motifs is 1. The lowest BCUT2D eigenvalue weighted by Gasteiger charge is -2.20. The highest BCUT2D eigenvalue weighted by Crippen LogP contribution is 2.20. The lowest BCUT2D eigenvalue weighted by Crippen LogP contribution is -2.32. The molecule has 0 aliphatic carbocycles. The molecule has 4 rings (SSSR count). The van der Waals surface area contributed by atoms with Gasteiger partial charge in [0.25, 0.3) is 5.91 Å². The topological polar surface area (TPSA) is 77.6 Å². The predicted octanol–water partition coefficient (Wildman–Crippen LogP) is 2.68. The standard InChI is InChI=1S/C20H24N6O/c1-15-21-11-14-25(15)13-10-17(16-7-3-2-4-8-16)22-20(27)19-24-23-18-9-5-6-12-26(18)19/h2-4,7-8,11,14,17H,5-6,9-10,12-13H2,1H3,(H,22,27)/t17-/m0/s1. The molecular weight excluding hydrogens is 340 g/mol. The number of imidazole rings is 1. The van der Waals surface area contributed by atoms with Crippen LogP contribution >= 0.6 is 0 Å². The number of hydrogen-bond acceptors (Lipinski definition) is 4. The zero-order valence-electron chi connectivity index (χ0n) is 15.5. The molecule has 0 spiro atoms. The number of benzene rings is 1. The molecule has 1 aliphatic heterocycles. The number of aromatic nitrogens is 5. The SMILES string of the molecule is Cc1nccn1CC[C@H](NC(=O)c1nnc2n1CCCC2)c1ccccc1. The first-order chi connectivity index (χ1) is 13.2. The fraction of sp³-hybridized carbons (Fsp3) is 0.400. The Morgan fingerprint density at radius 3 is 2.85 bits per heavy atom. The molecule has 2 aromatic heterocycles. The number of hydrogen-bond donors (Lipinski definition) is 1. The molecule has 0 bridgehead atoms. The van der Waals surface area contributed by atoms with E-state index in [1.165, 1.54) is 0 Å². The highest BCUT2D eigenvalue weighted by Gasteiger charge is 2.23. The average molecular weight is 364 g/mol. The van der Waals surface area contributed by atoms with Crippen molar-refractivity contribution in [1.29, 1.82) is 0 Å². The molecule has 1 aromatic carbocycles. The lowest BCUT2D eigenvalue weighted by atomic mass is 10.0. The maximum Gasteiger partial charge on any atom is 0.289 e. The van der Waals surface area contributed by atoms with Crippen molar-refractivity contribution >= 4 is 5.91 Å². The van der Waals surface area contributed by atoms with Crippen LogP contribution in [0.4, 0.5) is 0 Å². The van der Waals surface area contributed by atoms with Crippen LogP contribution in [0, 0.1) is 6.92 Å². The molecule has 3 aromatic rings. The van der Waals surface area contributed by atoms with Crippen molar-refractivity contribution in [3.8, 4) is 0 Å². The third-order valence-electron chi connectivity index (χ3n) is 5.15. The molecular formula is C20H24N6O. The van der Waals surface area contributed by atoms with E-state index in [-0.39, 0.29) is 11.9 Å². The molecule has 3 heterocycles. The number of nitrogens with zero attached hydrogens (tertiary/aromatic N) is 5. The number of carbonyl (C=O) groups is 1. The Kier molecular flexibility index (Phi) is 5.00. The first-order valence-corrected chi connectivity index (χ1v) is 9.48. The van der Waals surface area contributed by atoms with Gasteiger partial charge in [0.1, 0.15) is 11.6 Å². The Bertz CT molecular complexity index is 914. The minimum atomic E-state index is -0.160. The highest BCUT2D eigenvalue weighted by molar-refractivity contribution is 5.91. The minimum absolute atomic E-state index is 0.1000. The van der Waals surface area contributed by atoms with Gasteiger partial charge in [0, 0.05) is 31.9 Å². The second-order valence-corrected chi connectivity index (χ2v) is 6.94. The first-order valence-electron chi connectivity index (χ1n) is 9.48. The Hall–Kier alpha value is -2.96. The van der Waals surface area contributed by atoms with Gasteiger partial charge in [-0.25, -0.2) is 4.98 Å². The number of carbonyl (C=O) groups excluding carboxylic acids is 1. The highest BCUT2D eigenvalue weighted by atomic mass is 16.2. The summed E-state index contributed by atoms with van der Waals surface area (Å²) in [4.78, 5) is 17.2. The molecule has 0 fully saturated rings. The van der Waals surface area contributed by atoms with E-state index in [9.17, 15) is 4.79 Å². The maximum atomic E-state index is 12.9. The van der Waals surface area contributed by atoms with Crippen molar-refractivity contribution < 1.29 is 4.79 Å². The quantitative estimate of drug-likeness (QED) is 0.729. The Balaban J connectivity index is 1.53. The van der Waals surface area contributed by atoms with E-state index in [4.69, 9.17) is 0 Å². The molecule has 0 radical (unpaired) electrons. The van der Waals surface area contributed by atoms with Crippen molar-refractivity contribution in [2.24, 2.45) is 0 Å². The molecule has 140 valence electrons. The van der Waals surface area contributed by atoms with E-state index in [1.54, 1.807) is 6.20 Å². The summed E-state index contributed by atoms with van der Waals surface area (Å²) >= 11 is 0. The van der Waals surface area contributed by atoms with Gasteiger partial charge in [0.15, 0.2) is 0 Å². The summed E-state index contributed by atoms with van der Waals surface area (Å²) in [7, 11) is 0. The van der Waals surface area contributed by atoms with Gasteiger partial charge < -0.3 is 14.5 Å². The van der Waals surface area contributed by atoms with Crippen LogP contribution in [0.5, 0.6) is 0 Å². The smallest absolute Gasteiger partial charge is 0.289 e. The molecule has 7 heteroatoms. The lowest BCUT2D eigenvalue weighted by molar-refractivity contribution is 0.0917. The third kappa shape index (κ3) is 3.77. The fourth-order valence-electron chi connectivity index (χ4n) is 3.61. The van der Waals surface area contributed by atoms with Gasteiger partial charge in [0.05, 0.1) is 6.04 Å². The van der Waals surface area contributed by atoms with Crippen molar-refractivity contribution in [3.63, 3.8) is 0 Å². The van der Waals surface area contributed by atoms with Gasteiger partial charge in [-0.3, -0.25) is 4.79 Å². The van der Waals surface area contributed by atoms with Crippen molar-refractivity contribution in [2.75, 3.05) is 0 Å². The predicted molar refractivity (Wildman–Crippen MR) is 101 cm³/mol. The zero-order valence-corrected chi connectivity index (χ0v) is 15.5. The van der Waals surface area contributed by atoms with Crippen LogP contribution in [0.2, 0.25) is 0 Å². The monoisotopic (exact) mass is 364 g/mol. The van der Waals surface area contributed by atoms with Gasteiger partial charge in [-0.1, -0.05) is 30.3 Å². The van der Waals surface area contributed by atoms with Crippen LogP contribution in [0.15, 0.2) is 42.7 Å². The molecule has 1 atom stereocenters. The molecule has 0 saturated carbocycles. The van der Waals surface area contributed by atoms with Crippen LogP contribution in [0.1, 0.15) is 53.1 Å². The van der Waals surface area contributed by atoms with Crippen molar-refractivity contribution in [3.05, 3.63) is 65.8 Å². The number of amides is 1. The summed E-state index contributed by atoms with van der Waals surface area (Å²) in [5.41, 5.74) is 1.09. The first kappa shape index (κ1) is 17.5. The normalized spacial score (nSPS) is 14.6. The van der Waals surface area contributed by atoms with E-state index in [2.05, 4.69) is 25.1 Å². The molecule has 1 aliphatic rings. The molecule has 1 amide bonds. The Morgan fingerprint density at radius 1 is 1.22 bits per heavy atom. The summed E-state index contributed by atoms with van der Waals surface area (Å²) < 4.78 is 4.06. The summed E-state index contributed by atoms with van der Waals surface area (Å²) in [5, 5.41) is 11.5. The second kappa shape index (κ2) is 7.73. The van der Waals surface area contributed by atoms with Crippen LogP contribution in [-0.2, 0) is 19.5 Å². The maximum absolute atomic E-state index is 12.9. The molecule has 1 N–H and O–H groups in total. The molecule has 7 nitrogen and oxygen atoms in total. The van der Waals surface area contributed by atoms with Crippen LogP contribution < -0.4 is 5.32 Å². The molecule has 0 unspecified atom stereocenters. The van der Waals surface area contributed by atoms with Gasteiger partial charge in [-0.05, 0) is 31.7 Å². The fourth-order valence-corrected chi connectivity index (χ4v) is 3.61. The second-order valence-electron chi connectivity index (χ2n) is 6.94. The van der Waals surface area contributed by atoms with Gasteiger partial charge in [-0.2, -0.15) is 0 Å². The number of nitrogens with one attached hydrogen (secondary N) is 1. The van der Waals surface area contributed by atoms with Crippen molar-refractivity contribution in [1.82, 2.24) is 29.6 Å². The van der Waals surface area contributed by atoms with Gasteiger partial charge in [0.2, 0.25) is 5.82 Å². The van der Waals surface area contributed by atoms with E-state index in [0.29, 0.717) is 5.82 Å². The van der Waals surface area contributed by atoms with E-state index >= 15 is 0 Å².